The molecule has 0 aromatic carbocycles. The molecule has 0 amide bonds. The Morgan fingerprint density at radius 1 is 0.429 bits per heavy atom. The van der Waals surface area contributed by atoms with Crippen molar-refractivity contribution in [3.05, 3.63) is 0 Å². The van der Waals surface area contributed by atoms with E-state index in [1.165, 1.54) is 0 Å². The zero-order valence-corrected chi connectivity index (χ0v) is 11.8. The van der Waals surface area contributed by atoms with Gasteiger partial charge in [-0.3, -0.25) is 0 Å². The number of hydrogen-bond donors (Lipinski definition) is 0. The van der Waals surface area contributed by atoms with E-state index in [2.05, 4.69) is 39.4 Å². The van der Waals surface area contributed by atoms with E-state index in [-0.39, 0.29) is 65.4 Å². The molecule has 0 aromatic rings. The van der Waals surface area contributed by atoms with Gasteiger partial charge in [0.2, 0.25) is 0 Å². The molecule has 8 heteroatoms. The zero-order chi connectivity index (χ0) is 12.0. The van der Waals surface area contributed by atoms with Crippen molar-refractivity contribution < 1.29 is 19.9 Å². The Labute approximate surface area is 135 Å². The maximum atomic E-state index is 6.50. The van der Waals surface area contributed by atoms with Crippen LogP contribution in [0.1, 0.15) is 2.85 Å². The predicted molar refractivity (Wildman–Crippen MR) is 48.0 cm³/mol. The molecule has 0 aromatic heterocycles. The number of nitriles is 6. The maximum absolute atomic E-state index is 6.50. The van der Waals surface area contributed by atoms with Crippen molar-refractivity contribution in [1.29, 1.82) is 31.6 Å². The van der Waals surface area contributed by atoms with Crippen LogP contribution in [0.3, 0.4) is 0 Å². The fourth-order valence-corrected chi connectivity index (χ4v) is 0. The summed E-state index contributed by atoms with van der Waals surface area (Å²) in [5, 5.41) is 39.0. The van der Waals surface area contributed by atoms with Crippen molar-refractivity contribution in [2.75, 3.05) is 0 Å². The monoisotopic (exact) mass is 308 g/mol. The Hall–Kier alpha value is -1.06. The Bertz CT molecular complexity index is 106. The molecule has 72 valence electrons. The normalized spacial score (nSPS) is 0.857. The van der Waals surface area contributed by atoms with Gasteiger partial charge in [0, 0.05) is 56.5 Å². The number of hydrogen-bond acceptors (Lipinski definition) is 6. The minimum Gasteiger partial charge on any atom is -1.00 e. The summed E-state index contributed by atoms with van der Waals surface area (Å²) in [6.45, 7) is 21.0. The first-order valence-corrected chi connectivity index (χ1v) is 1.55. The maximum Gasteiger partial charge on any atom is 2.00 e. The minimum absolute atomic E-state index is 0. The molecular formula is C6H8FeN6Sr. The van der Waals surface area contributed by atoms with Crippen molar-refractivity contribution in [2.45, 2.75) is 0 Å². The topological polar surface area (TPSA) is 143 Å². The average Bonchev–Trinajstić information content (AvgIpc) is 2.33. The molecule has 0 fully saturated rings. The van der Waals surface area contributed by atoms with Crippen molar-refractivity contribution >= 4 is 45.5 Å². The molecule has 14 heavy (non-hydrogen) atoms. The summed E-state index contributed by atoms with van der Waals surface area (Å²) in [6, 6.07) is 0. The van der Waals surface area contributed by atoms with Crippen molar-refractivity contribution in [3.63, 3.8) is 0 Å². The van der Waals surface area contributed by atoms with Crippen LogP contribution in [-0.2, 0) is 17.1 Å². The molecule has 0 bridgehead atoms. The number of rotatable bonds is 0. The smallest absolute Gasteiger partial charge is 1.00 e. The van der Waals surface area contributed by atoms with E-state index in [1.807, 2.05) is 0 Å². The molecule has 0 rings (SSSR count). The van der Waals surface area contributed by atoms with Gasteiger partial charge < -0.3 is 2.85 Å². The Kier molecular flexibility index (Phi) is 6870. The van der Waals surface area contributed by atoms with Crippen LogP contribution < -0.4 is 0 Å². The van der Waals surface area contributed by atoms with Gasteiger partial charge in [0.15, 0.2) is 0 Å². The molecule has 0 aliphatic heterocycles. The summed E-state index contributed by atoms with van der Waals surface area (Å²) in [5.74, 6) is 0. The van der Waals surface area contributed by atoms with Gasteiger partial charge in [-0.2, -0.15) is 0 Å². The third-order valence-electron chi connectivity index (χ3n) is 0. The first-order valence-electron chi connectivity index (χ1n) is 1.55. The van der Waals surface area contributed by atoms with Crippen LogP contribution in [0.4, 0.5) is 0 Å². The van der Waals surface area contributed by atoms with Crippen molar-refractivity contribution in [3.8, 4) is 39.4 Å². The molecular weight excluding hydrogens is 300 g/mol. The van der Waals surface area contributed by atoms with Gasteiger partial charge in [-0.1, -0.05) is 0 Å². The second-order valence-corrected chi connectivity index (χ2v) is 0. The van der Waals surface area contributed by atoms with E-state index in [0.717, 1.165) is 0 Å². The van der Waals surface area contributed by atoms with Gasteiger partial charge in [0.25, 0.3) is 0 Å². The molecule has 0 N–H and O–H groups in total. The molecule has 6 nitrogen and oxygen atoms in total. The fourth-order valence-electron chi connectivity index (χ4n) is 0. The molecule has 0 heterocycles. The number of nitrogens with zero attached hydrogens (tertiary/aromatic N) is 6. The van der Waals surface area contributed by atoms with Crippen LogP contribution in [-0.4, -0.2) is 45.5 Å². The van der Waals surface area contributed by atoms with E-state index in [9.17, 15) is 0 Å². The van der Waals surface area contributed by atoms with E-state index in [4.69, 9.17) is 31.6 Å². The van der Waals surface area contributed by atoms with E-state index in [1.54, 1.807) is 0 Å². The van der Waals surface area contributed by atoms with Crippen LogP contribution in [0.25, 0.3) is 0 Å². The SMILES string of the molecule is C#N.C#N.C#N.C#N.C#N.C#N.[Fe].[H-].[H-].[Sr+2]. The van der Waals surface area contributed by atoms with E-state index < -0.39 is 0 Å². The summed E-state index contributed by atoms with van der Waals surface area (Å²) in [7, 11) is 0. The molecule has 0 atom stereocenters. The van der Waals surface area contributed by atoms with Gasteiger partial charge in [0.1, 0.15) is 0 Å². The standard InChI is InChI=1S/6CHN.Fe.Sr.2H/c6*1-2;;;;/h6*1H;;;;/q;;;;;;;+2;2*-1. The van der Waals surface area contributed by atoms with Crippen LogP contribution in [0.2, 0.25) is 0 Å². The second-order valence-electron chi connectivity index (χ2n) is 0. The molecule has 0 saturated carbocycles. The summed E-state index contributed by atoms with van der Waals surface area (Å²) < 4.78 is 0. The predicted octanol–water partition coefficient (Wildman–Crippen LogP) is 0.680. The molecule has 0 aliphatic rings. The first kappa shape index (κ1) is 75.6. The summed E-state index contributed by atoms with van der Waals surface area (Å²) in [5.41, 5.74) is 0. The van der Waals surface area contributed by atoms with Crippen LogP contribution in [0, 0.1) is 71.0 Å². The van der Waals surface area contributed by atoms with Gasteiger partial charge in [-0.25, -0.2) is 31.6 Å². The van der Waals surface area contributed by atoms with E-state index >= 15 is 0 Å². The fraction of sp³-hybridized carbons (Fsp3) is 0. The van der Waals surface area contributed by atoms with Crippen molar-refractivity contribution in [2.24, 2.45) is 0 Å². The van der Waals surface area contributed by atoms with Crippen LogP contribution >= 0.6 is 0 Å². The molecule has 0 radical (unpaired) electrons. The summed E-state index contributed by atoms with van der Waals surface area (Å²) in [4.78, 5) is 0. The summed E-state index contributed by atoms with van der Waals surface area (Å²) in [6.07, 6.45) is 0. The average molecular weight is 308 g/mol. The Morgan fingerprint density at radius 2 is 0.429 bits per heavy atom. The molecule has 0 spiro atoms. The first-order chi connectivity index (χ1) is 6.00. The van der Waals surface area contributed by atoms with Gasteiger partial charge in [-0.05, 0) is 0 Å². The molecule has 0 aliphatic carbocycles. The zero-order valence-electron chi connectivity index (χ0n) is 9.21. The van der Waals surface area contributed by atoms with E-state index in [0.29, 0.717) is 0 Å². The molecule has 0 saturated heterocycles. The minimum atomic E-state index is 0. The third-order valence-corrected chi connectivity index (χ3v) is 0. The molecule has 0 unspecified atom stereocenters. The van der Waals surface area contributed by atoms with Crippen LogP contribution in [0.15, 0.2) is 0 Å². The third kappa shape index (κ3) is 962. The van der Waals surface area contributed by atoms with Crippen LogP contribution in [0.5, 0.6) is 0 Å². The largest absolute Gasteiger partial charge is 2.00 e. The summed E-state index contributed by atoms with van der Waals surface area (Å²) >= 11 is 0. The van der Waals surface area contributed by atoms with Gasteiger partial charge in [-0.15, -0.1) is 0 Å². The van der Waals surface area contributed by atoms with Crippen molar-refractivity contribution in [1.82, 2.24) is 0 Å². The van der Waals surface area contributed by atoms with Gasteiger partial charge in [0.05, 0.1) is 0 Å². The quantitative estimate of drug-likeness (QED) is 0.602. The Morgan fingerprint density at radius 3 is 0.429 bits per heavy atom. The van der Waals surface area contributed by atoms with Gasteiger partial charge >= 0.3 is 45.5 Å². The Balaban J connectivity index is -0.00000000321. The second kappa shape index (κ2) is 1270.